The highest BCUT2D eigenvalue weighted by Gasteiger charge is 2.18. The molecule has 1 aromatic heterocycles. The van der Waals surface area contributed by atoms with Gasteiger partial charge in [-0.15, -0.1) is 0 Å². The number of aromatic nitrogens is 1. The normalized spacial score (nSPS) is 11.9. The number of benzene rings is 1. The summed E-state index contributed by atoms with van der Waals surface area (Å²) in [4.78, 5) is 13.9. The van der Waals surface area contributed by atoms with Crippen molar-refractivity contribution >= 4 is 10.9 Å². The van der Waals surface area contributed by atoms with Crippen LogP contribution < -0.4 is 5.56 Å². The predicted molar refractivity (Wildman–Crippen MR) is 64.9 cm³/mol. The fraction of sp³-hybridized carbons (Fsp3) is 0.308. The summed E-state index contributed by atoms with van der Waals surface area (Å²) in [6.07, 6.45) is 0. The van der Waals surface area contributed by atoms with Crippen LogP contribution >= 0.6 is 0 Å². The van der Waals surface area contributed by atoms with Crippen LogP contribution in [0.1, 0.15) is 26.3 Å². The van der Waals surface area contributed by atoms with Crippen LogP contribution in [0.15, 0.2) is 29.1 Å². The molecule has 2 aromatic rings. The standard InChI is InChI=1S/C13H15NO2/c1-13(2,3)10-6-8(15)7-11-9(10)4-5-12(16)14-11/h4-7,15H,1-3H3,(H,14,16). The zero-order valence-corrected chi connectivity index (χ0v) is 9.66. The Morgan fingerprint density at radius 2 is 1.88 bits per heavy atom. The smallest absolute Gasteiger partial charge is 0.248 e. The van der Waals surface area contributed by atoms with E-state index in [0.29, 0.717) is 5.52 Å². The van der Waals surface area contributed by atoms with Gasteiger partial charge in [0.2, 0.25) is 5.56 Å². The van der Waals surface area contributed by atoms with E-state index in [1.54, 1.807) is 18.2 Å². The van der Waals surface area contributed by atoms with Crippen LogP contribution in [0.4, 0.5) is 0 Å². The van der Waals surface area contributed by atoms with E-state index in [9.17, 15) is 9.90 Å². The molecular weight excluding hydrogens is 202 g/mol. The Labute approximate surface area is 93.7 Å². The molecule has 0 spiro atoms. The van der Waals surface area contributed by atoms with Crippen LogP contribution in [0.25, 0.3) is 10.9 Å². The molecule has 2 rings (SSSR count). The first kappa shape index (κ1) is 10.7. The number of nitrogens with one attached hydrogen (secondary N) is 1. The molecule has 3 nitrogen and oxygen atoms in total. The van der Waals surface area contributed by atoms with Gasteiger partial charge >= 0.3 is 0 Å². The maximum Gasteiger partial charge on any atom is 0.248 e. The van der Waals surface area contributed by atoms with Gasteiger partial charge < -0.3 is 10.1 Å². The summed E-state index contributed by atoms with van der Waals surface area (Å²) in [5.41, 5.74) is 1.48. The number of fused-ring (bicyclic) bond motifs is 1. The van der Waals surface area contributed by atoms with Crippen molar-refractivity contribution in [2.45, 2.75) is 26.2 Å². The number of pyridine rings is 1. The fourth-order valence-corrected chi connectivity index (χ4v) is 1.87. The van der Waals surface area contributed by atoms with Gasteiger partial charge in [-0.25, -0.2) is 0 Å². The molecule has 0 aliphatic heterocycles. The second-order valence-corrected chi connectivity index (χ2v) is 5.03. The molecule has 0 atom stereocenters. The van der Waals surface area contributed by atoms with Crippen molar-refractivity contribution in [3.05, 3.63) is 40.2 Å². The van der Waals surface area contributed by atoms with E-state index in [1.807, 2.05) is 0 Å². The SMILES string of the molecule is CC(C)(C)c1cc(O)cc2[nH]c(=O)ccc12. The largest absolute Gasteiger partial charge is 0.508 e. The molecule has 1 aromatic carbocycles. The monoisotopic (exact) mass is 217 g/mol. The molecule has 0 radical (unpaired) electrons. The first-order chi connectivity index (χ1) is 7.38. The molecule has 0 bridgehead atoms. The van der Waals surface area contributed by atoms with Gasteiger partial charge in [-0.05, 0) is 23.1 Å². The van der Waals surface area contributed by atoms with E-state index in [0.717, 1.165) is 10.9 Å². The van der Waals surface area contributed by atoms with Gasteiger partial charge in [-0.1, -0.05) is 20.8 Å². The van der Waals surface area contributed by atoms with Gasteiger partial charge in [0.1, 0.15) is 5.75 Å². The third kappa shape index (κ3) is 1.81. The molecule has 0 fully saturated rings. The predicted octanol–water partition coefficient (Wildman–Crippen LogP) is 2.53. The first-order valence-corrected chi connectivity index (χ1v) is 5.24. The fourth-order valence-electron chi connectivity index (χ4n) is 1.87. The van der Waals surface area contributed by atoms with Crippen LogP contribution in [0.3, 0.4) is 0 Å². The van der Waals surface area contributed by atoms with Crippen molar-refractivity contribution in [2.75, 3.05) is 0 Å². The van der Waals surface area contributed by atoms with E-state index >= 15 is 0 Å². The number of hydrogen-bond acceptors (Lipinski definition) is 2. The highest BCUT2D eigenvalue weighted by atomic mass is 16.3. The molecule has 0 aliphatic rings. The Bertz CT molecular complexity index is 591. The van der Waals surface area contributed by atoms with Crippen molar-refractivity contribution in [1.82, 2.24) is 4.98 Å². The van der Waals surface area contributed by atoms with Crippen molar-refractivity contribution in [3.63, 3.8) is 0 Å². The molecular formula is C13H15NO2. The molecule has 0 saturated carbocycles. The molecule has 0 unspecified atom stereocenters. The number of phenolic OH excluding ortho intramolecular Hbond substituents is 1. The van der Waals surface area contributed by atoms with Gasteiger partial charge in [0, 0.05) is 17.5 Å². The van der Waals surface area contributed by atoms with E-state index in [4.69, 9.17) is 0 Å². The van der Waals surface area contributed by atoms with Gasteiger partial charge in [0.15, 0.2) is 0 Å². The summed E-state index contributed by atoms with van der Waals surface area (Å²) in [5, 5.41) is 10.6. The Morgan fingerprint density at radius 1 is 1.19 bits per heavy atom. The van der Waals surface area contributed by atoms with Crippen molar-refractivity contribution in [1.29, 1.82) is 0 Å². The summed E-state index contributed by atoms with van der Waals surface area (Å²) in [6, 6.07) is 6.63. The molecule has 0 saturated heterocycles. The van der Waals surface area contributed by atoms with Crippen molar-refractivity contribution in [2.24, 2.45) is 0 Å². The van der Waals surface area contributed by atoms with Crippen LogP contribution in [0.2, 0.25) is 0 Å². The van der Waals surface area contributed by atoms with E-state index in [2.05, 4.69) is 25.8 Å². The third-order valence-corrected chi connectivity index (χ3v) is 2.63. The number of phenols is 1. The lowest BCUT2D eigenvalue weighted by Gasteiger charge is -2.21. The second-order valence-electron chi connectivity index (χ2n) is 5.03. The second kappa shape index (κ2) is 3.37. The summed E-state index contributed by atoms with van der Waals surface area (Å²) in [5.74, 6) is 0.180. The van der Waals surface area contributed by atoms with Gasteiger partial charge in [-0.2, -0.15) is 0 Å². The van der Waals surface area contributed by atoms with Gasteiger partial charge in [0.25, 0.3) is 0 Å². The van der Waals surface area contributed by atoms with Crippen molar-refractivity contribution in [3.8, 4) is 5.75 Å². The quantitative estimate of drug-likeness (QED) is 0.712. The van der Waals surface area contributed by atoms with Crippen LogP contribution in [-0.2, 0) is 5.41 Å². The Hall–Kier alpha value is -1.77. The molecule has 0 amide bonds. The maximum absolute atomic E-state index is 11.2. The zero-order chi connectivity index (χ0) is 11.9. The number of H-pyrrole nitrogens is 1. The van der Waals surface area contributed by atoms with E-state index < -0.39 is 0 Å². The molecule has 84 valence electrons. The van der Waals surface area contributed by atoms with Crippen LogP contribution in [0, 0.1) is 0 Å². The molecule has 3 heteroatoms. The number of aromatic hydroxyl groups is 1. The Morgan fingerprint density at radius 3 is 2.50 bits per heavy atom. The van der Waals surface area contributed by atoms with Gasteiger partial charge in [-0.3, -0.25) is 4.79 Å². The minimum Gasteiger partial charge on any atom is -0.508 e. The molecule has 16 heavy (non-hydrogen) atoms. The van der Waals surface area contributed by atoms with Crippen LogP contribution in [-0.4, -0.2) is 10.1 Å². The minimum absolute atomic E-state index is 0.0742. The highest BCUT2D eigenvalue weighted by molar-refractivity contribution is 5.84. The summed E-state index contributed by atoms with van der Waals surface area (Å²) in [6.45, 7) is 6.23. The molecule has 0 aliphatic carbocycles. The summed E-state index contributed by atoms with van der Waals surface area (Å²) < 4.78 is 0. The zero-order valence-electron chi connectivity index (χ0n) is 9.66. The third-order valence-electron chi connectivity index (χ3n) is 2.63. The summed E-state index contributed by atoms with van der Waals surface area (Å²) >= 11 is 0. The van der Waals surface area contributed by atoms with E-state index in [-0.39, 0.29) is 16.7 Å². The Kier molecular flexibility index (Phi) is 2.26. The number of aromatic amines is 1. The first-order valence-electron chi connectivity index (χ1n) is 5.24. The van der Waals surface area contributed by atoms with Crippen molar-refractivity contribution < 1.29 is 5.11 Å². The van der Waals surface area contributed by atoms with Crippen LogP contribution in [0.5, 0.6) is 5.75 Å². The average molecular weight is 217 g/mol. The lowest BCUT2D eigenvalue weighted by molar-refractivity contribution is 0.472. The summed E-state index contributed by atoms with van der Waals surface area (Å²) in [7, 11) is 0. The molecule has 1 heterocycles. The molecule has 2 N–H and O–H groups in total. The minimum atomic E-state index is -0.155. The maximum atomic E-state index is 11.2. The lowest BCUT2D eigenvalue weighted by Crippen LogP contribution is -2.13. The lowest BCUT2D eigenvalue weighted by atomic mass is 9.84. The highest BCUT2D eigenvalue weighted by Crippen LogP contribution is 2.31. The number of hydrogen-bond donors (Lipinski definition) is 2. The Balaban J connectivity index is 2.89. The van der Waals surface area contributed by atoms with Gasteiger partial charge in [0.05, 0.1) is 5.52 Å². The van der Waals surface area contributed by atoms with E-state index in [1.165, 1.54) is 6.07 Å². The average Bonchev–Trinajstić information content (AvgIpc) is 2.14. The topological polar surface area (TPSA) is 53.1 Å². The number of rotatable bonds is 0.